The van der Waals surface area contributed by atoms with E-state index in [1.54, 1.807) is 6.92 Å². The van der Waals surface area contributed by atoms with Crippen LogP contribution in [0.15, 0.2) is 53.7 Å². The van der Waals surface area contributed by atoms with Gasteiger partial charge in [-0.2, -0.15) is 13.2 Å². The maximum atomic E-state index is 12.6. The van der Waals surface area contributed by atoms with Crippen LogP contribution in [0, 0.1) is 0 Å². The number of likely N-dealkylation sites (N-methyl/N-ethyl adjacent to an activating group) is 1. The summed E-state index contributed by atoms with van der Waals surface area (Å²) in [6.45, 7) is 4.86. The number of rotatable bonds is 6. The Morgan fingerprint density at radius 1 is 1.23 bits per heavy atom. The first-order valence-electron chi connectivity index (χ1n) is 7.50. The summed E-state index contributed by atoms with van der Waals surface area (Å²) in [5, 5.41) is 7.54. The lowest BCUT2D eigenvalue weighted by Crippen LogP contribution is -2.30. The number of hydrogen-bond donors (Lipinski definition) is 3. The Hall–Kier alpha value is -3.10. The molecule has 1 aromatic rings. The maximum Gasteiger partial charge on any atom is 0.416 e. The summed E-state index contributed by atoms with van der Waals surface area (Å²) in [7, 11) is 1.45. The molecule has 0 atom stereocenters. The molecule has 26 heavy (non-hydrogen) atoms. The molecule has 0 aliphatic heterocycles. The number of alkyl halides is 3. The van der Waals surface area contributed by atoms with Gasteiger partial charge in [-0.15, -0.1) is 0 Å². The van der Waals surface area contributed by atoms with Gasteiger partial charge in [0, 0.05) is 12.7 Å². The summed E-state index contributed by atoms with van der Waals surface area (Å²) in [5.41, 5.74) is -0.525. The number of carbonyl (C=O) groups is 2. The lowest BCUT2D eigenvalue weighted by molar-refractivity contribution is -0.137. The molecule has 0 aliphatic carbocycles. The average Bonchev–Trinajstić information content (AvgIpc) is 2.59. The van der Waals surface area contributed by atoms with Crippen molar-refractivity contribution in [3.8, 4) is 0 Å². The third-order valence-electron chi connectivity index (χ3n) is 3.16. The van der Waals surface area contributed by atoms with E-state index in [4.69, 9.17) is 0 Å². The predicted octanol–water partition coefficient (Wildman–Crippen LogP) is 2.47. The van der Waals surface area contributed by atoms with Gasteiger partial charge < -0.3 is 16.0 Å². The number of nitrogens with zero attached hydrogens (tertiary/aromatic N) is 1. The Kier molecular flexibility index (Phi) is 7.57. The number of anilines is 1. The van der Waals surface area contributed by atoms with Crippen LogP contribution in [0.2, 0.25) is 0 Å². The van der Waals surface area contributed by atoms with Crippen LogP contribution in [0.5, 0.6) is 0 Å². The van der Waals surface area contributed by atoms with Crippen LogP contribution in [0.3, 0.4) is 0 Å². The van der Waals surface area contributed by atoms with Crippen molar-refractivity contribution < 1.29 is 22.8 Å². The molecule has 1 rings (SSSR count). The smallest absolute Gasteiger partial charge is 0.358 e. The van der Waals surface area contributed by atoms with Crippen LogP contribution in [0.25, 0.3) is 0 Å². The van der Waals surface area contributed by atoms with E-state index in [0.717, 1.165) is 24.3 Å². The first-order chi connectivity index (χ1) is 12.2. The molecular weight excluding hydrogens is 349 g/mol. The molecule has 9 heteroatoms. The molecule has 140 valence electrons. The highest BCUT2D eigenvalue weighted by Crippen LogP contribution is 2.29. The van der Waals surface area contributed by atoms with E-state index in [0.29, 0.717) is 0 Å². The first kappa shape index (κ1) is 20.9. The molecule has 6 nitrogen and oxygen atoms in total. The van der Waals surface area contributed by atoms with Crippen molar-refractivity contribution in [3.05, 3.63) is 54.3 Å². The van der Waals surface area contributed by atoms with Gasteiger partial charge in [0.15, 0.2) is 0 Å². The molecule has 0 fully saturated rings. The van der Waals surface area contributed by atoms with Gasteiger partial charge in [-0.1, -0.05) is 12.7 Å². The molecular formula is C17H19F3N4O2. The normalized spacial score (nSPS) is 12.3. The minimum Gasteiger partial charge on any atom is -0.358 e. The maximum absolute atomic E-state index is 12.6. The monoisotopic (exact) mass is 368 g/mol. The van der Waals surface area contributed by atoms with Crippen LogP contribution in [-0.4, -0.2) is 31.2 Å². The van der Waals surface area contributed by atoms with Crippen LogP contribution < -0.4 is 16.0 Å². The van der Waals surface area contributed by atoms with Crippen molar-refractivity contribution in [2.45, 2.75) is 13.1 Å². The predicted molar refractivity (Wildman–Crippen MR) is 93.5 cm³/mol. The molecule has 0 saturated heterocycles. The van der Waals surface area contributed by atoms with E-state index in [9.17, 15) is 22.8 Å². The number of benzene rings is 1. The zero-order chi connectivity index (χ0) is 19.7. The largest absolute Gasteiger partial charge is 0.416 e. The Bertz CT molecular complexity index is 723. The molecule has 3 N–H and O–H groups in total. The Balaban J connectivity index is 2.96. The molecule has 0 bridgehead atoms. The van der Waals surface area contributed by atoms with Gasteiger partial charge in [0.2, 0.25) is 5.91 Å². The second kappa shape index (κ2) is 9.40. The van der Waals surface area contributed by atoms with Gasteiger partial charge in [0.1, 0.15) is 12.4 Å². The highest BCUT2D eigenvalue weighted by atomic mass is 19.4. The topological polar surface area (TPSA) is 82.6 Å². The number of aliphatic imine (C=N–C) groups is 1. The van der Waals surface area contributed by atoms with Crippen LogP contribution >= 0.6 is 0 Å². The molecule has 0 heterocycles. The van der Waals surface area contributed by atoms with E-state index >= 15 is 0 Å². The number of carbonyl (C=O) groups excluding carboxylic acids is 2. The van der Waals surface area contributed by atoms with Crippen molar-refractivity contribution in [2.75, 3.05) is 18.9 Å². The SMILES string of the molecule is C=CNC(=NCC(=O)NC)/C(=C\C)C(=O)Nc1ccc(C(F)(F)F)cc1. The highest BCUT2D eigenvalue weighted by molar-refractivity contribution is 6.24. The molecule has 0 aliphatic rings. The van der Waals surface area contributed by atoms with Crippen molar-refractivity contribution in [2.24, 2.45) is 4.99 Å². The van der Waals surface area contributed by atoms with E-state index in [-0.39, 0.29) is 29.5 Å². The van der Waals surface area contributed by atoms with E-state index in [2.05, 4.69) is 27.5 Å². The van der Waals surface area contributed by atoms with Crippen LogP contribution in [-0.2, 0) is 15.8 Å². The van der Waals surface area contributed by atoms with Gasteiger partial charge in [0.25, 0.3) is 5.91 Å². The minimum absolute atomic E-state index is 0.105. The molecule has 0 unspecified atom stereocenters. The summed E-state index contributed by atoms with van der Waals surface area (Å²) in [5.74, 6) is -0.847. The first-order valence-corrected chi connectivity index (χ1v) is 7.50. The number of halogens is 3. The second-order valence-corrected chi connectivity index (χ2v) is 4.92. The summed E-state index contributed by atoms with van der Waals surface area (Å²) in [6, 6.07) is 4.04. The summed E-state index contributed by atoms with van der Waals surface area (Å²) < 4.78 is 37.7. The summed E-state index contributed by atoms with van der Waals surface area (Å²) in [6.07, 6.45) is -1.71. The lowest BCUT2D eigenvalue weighted by Gasteiger charge is -2.12. The number of hydrogen-bond acceptors (Lipinski definition) is 3. The van der Waals surface area contributed by atoms with E-state index < -0.39 is 17.6 Å². The quantitative estimate of drug-likeness (QED) is 0.410. The molecule has 0 saturated carbocycles. The van der Waals surface area contributed by atoms with Gasteiger partial charge in [-0.25, -0.2) is 0 Å². The fourth-order valence-corrected chi connectivity index (χ4v) is 1.85. The number of nitrogens with one attached hydrogen (secondary N) is 3. The molecule has 0 radical (unpaired) electrons. The van der Waals surface area contributed by atoms with Gasteiger partial charge in [-0.05, 0) is 37.4 Å². The molecule has 2 amide bonds. The molecule has 1 aromatic carbocycles. The third-order valence-corrected chi connectivity index (χ3v) is 3.16. The molecule has 0 spiro atoms. The zero-order valence-corrected chi connectivity index (χ0v) is 14.3. The van der Waals surface area contributed by atoms with Crippen molar-refractivity contribution in [3.63, 3.8) is 0 Å². The fraction of sp³-hybridized carbons (Fsp3) is 0.235. The third kappa shape index (κ3) is 6.08. The number of amidine groups is 1. The Labute approximate surface area is 148 Å². The van der Waals surface area contributed by atoms with Crippen LogP contribution in [0.4, 0.5) is 18.9 Å². The van der Waals surface area contributed by atoms with Crippen molar-refractivity contribution in [1.82, 2.24) is 10.6 Å². The Morgan fingerprint density at radius 2 is 1.85 bits per heavy atom. The van der Waals surface area contributed by atoms with Crippen molar-refractivity contribution in [1.29, 1.82) is 0 Å². The van der Waals surface area contributed by atoms with Gasteiger partial charge in [-0.3, -0.25) is 14.6 Å². The minimum atomic E-state index is -4.45. The second-order valence-electron chi connectivity index (χ2n) is 4.92. The summed E-state index contributed by atoms with van der Waals surface area (Å²) >= 11 is 0. The summed E-state index contributed by atoms with van der Waals surface area (Å²) in [4.78, 5) is 27.7. The van der Waals surface area contributed by atoms with E-state index in [1.807, 2.05) is 0 Å². The Morgan fingerprint density at radius 3 is 2.31 bits per heavy atom. The average molecular weight is 368 g/mol. The van der Waals surface area contributed by atoms with E-state index in [1.165, 1.54) is 19.3 Å². The number of allylic oxidation sites excluding steroid dienone is 1. The van der Waals surface area contributed by atoms with Gasteiger partial charge in [0.05, 0.1) is 11.1 Å². The highest BCUT2D eigenvalue weighted by Gasteiger charge is 2.30. The lowest BCUT2D eigenvalue weighted by atomic mass is 10.1. The zero-order valence-electron chi connectivity index (χ0n) is 14.3. The van der Waals surface area contributed by atoms with Crippen molar-refractivity contribution >= 4 is 23.3 Å². The molecule has 0 aromatic heterocycles. The fourth-order valence-electron chi connectivity index (χ4n) is 1.85. The standard InChI is InChI=1S/C17H19F3N4O2/c1-4-13(15(22-5-2)23-10-14(25)21-3)16(26)24-12-8-6-11(7-9-12)17(18,19)20/h4-9H,2,10H2,1,3H3,(H,21,25)(H,22,23)(H,24,26)/b13-4+. The number of amides is 2. The van der Waals surface area contributed by atoms with Crippen LogP contribution in [0.1, 0.15) is 12.5 Å². The van der Waals surface area contributed by atoms with Gasteiger partial charge >= 0.3 is 6.18 Å².